The Balaban J connectivity index is 1.99. The highest BCUT2D eigenvalue weighted by molar-refractivity contribution is 5.85. The van der Waals surface area contributed by atoms with Crippen LogP contribution in [0.4, 0.5) is 4.39 Å². The maximum atomic E-state index is 13.3. The molecule has 1 aromatic rings. The zero-order valence-corrected chi connectivity index (χ0v) is 9.12. The first kappa shape index (κ1) is 11.3. The molecule has 1 fully saturated rings. The third kappa shape index (κ3) is 2.67. The Kier molecular flexibility index (Phi) is 3.67. The SMILES string of the molecule is O=C(Cc1ccccc1F)C1CCCCO1. The van der Waals surface area contributed by atoms with Crippen molar-refractivity contribution in [3.8, 4) is 0 Å². The Morgan fingerprint density at radius 1 is 1.38 bits per heavy atom. The number of ether oxygens (including phenoxy) is 1. The van der Waals surface area contributed by atoms with Gasteiger partial charge in [0.1, 0.15) is 11.9 Å². The van der Waals surface area contributed by atoms with Crippen LogP contribution >= 0.6 is 0 Å². The van der Waals surface area contributed by atoms with Gasteiger partial charge in [-0.2, -0.15) is 0 Å². The zero-order valence-electron chi connectivity index (χ0n) is 9.12. The number of hydrogen-bond donors (Lipinski definition) is 0. The molecular formula is C13H15FO2. The van der Waals surface area contributed by atoms with Crippen LogP contribution in [0.15, 0.2) is 24.3 Å². The largest absolute Gasteiger partial charge is 0.370 e. The maximum absolute atomic E-state index is 13.3. The molecule has 0 bridgehead atoms. The number of carbonyl (C=O) groups excluding carboxylic acids is 1. The topological polar surface area (TPSA) is 26.3 Å². The highest BCUT2D eigenvalue weighted by Crippen LogP contribution is 2.16. The summed E-state index contributed by atoms with van der Waals surface area (Å²) in [7, 11) is 0. The highest BCUT2D eigenvalue weighted by Gasteiger charge is 2.22. The number of rotatable bonds is 3. The van der Waals surface area contributed by atoms with Gasteiger partial charge in [-0.1, -0.05) is 18.2 Å². The highest BCUT2D eigenvalue weighted by atomic mass is 19.1. The molecule has 0 saturated carbocycles. The second-order valence-electron chi connectivity index (χ2n) is 4.09. The lowest BCUT2D eigenvalue weighted by atomic mass is 10.00. The molecule has 1 heterocycles. The standard InChI is InChI=1S/C13H15FO2/c14-11-6-2-1-5-10(11)9-12(15)13-7-3-4-8-16-13/h1-2,5-6,13H,3-4,7-9H2. The Hall–Kier alpha value is -1.22. The van der Waals surface area contributed by atoms with Gasteiger partial charge in [-0.05, 0) is 30.9 Å². The van der Waals surface area contributed by atoms with Crippen LogP contribution in [0, 0.1) is 5.82 Å². The van der Waals surface area contributed by atoms with Crippen molar-refractivity contribution in [1.82, 2.24) is 0 Å². The van der Waals surface area contributed by atoms with Gasteiger partial charge in [-0.15, -0.1) is 0 Å². The summed E-state index contributed by atoms with van der Waals surface area (Å²) in [6.07, 6.45) is 2.62. The van der Waals surface area contributed by atoms with E-state index in [1.807, 2.05) is 0 Å². The minimum absolute atomic E-state index is 0.00944. The van der Waals surface area contributed by atoms with Crippen LogP contribution in [0.3, 0.4) is 0 Å². The fourth-order valence-electron chi connectivity index (χ4n) is 1.94. The summed E-state index contributed by atoms with van der Waals surface area (Å²) in [6, 6.07) is 6.40. The van der Waals surface area contributed by atoms with E-state index in [1.54, 1.807) is 18.2 Å². The summed E-state index contributed by atoms with van der Waals surface area (Å²) in [6.45, 7) is 0.647. The number of hydrogen-bond acceptors (Lipinski definition) is 2. The molecule has 0 aliphatic carbocycles. The van der Waals surface area contributed by atoms with Gasteiger partial charge in [-0.3, -0.25) is 4.79 Å². The molecule has 2 rings (SSSR count). The lowest BCUT2D eigenvalue weighted by molar-refractivity contribution is -0.132. The monoisotopic (exact) mass is 222 g/mol. The van der Waals surface area contributed by atoms with Crippen LogP contribution in [-0.2, 0) is 16.0 Å². The molecule has 0 radical (unpaired) electrons. The Morgan fingerprint density at radius 3 is 2.88 bits per heavy atom. The van der Waals surface area contributed by atoms with E-state index in [4.69, 9.17) is 4.74 Å². The third-order valence-electron chi connectivity index (χ3n) is 2.86. The normalized spacial score (nSPS) is 20.7. The molecule has 1 aliphatic heterocycles. The van der Waals surface area contributed by atoms with E-state index in [1.165, 1.54) is 6.07 Å². The van der Waals surface area contributed by atoms with Gasteiger partial charge >= 0.3 is 0 Å². The maximum Gasteiger partial charge on any atom is 0.166 e. The van der Waals surface area contributed by atoms with Crippen molar-refractivity contribution in [2.75, 3.05) is 6.61 Å². The van der Waals surface area contributed by atoms with E-state index in [0.29, 0.717) is 12.2 Å². The fourth-order valence-corrected chi connectivity index (χ4v) is 1.94. The molecule has 0 amide bonds. The molecule has 1 atom stereocenters. The van der Waals surface area contributed by atoms with Crippen LogP contribution in [0.1, 0.15) is 24.8 Å². The molecule has 2 nitrogen and oxygen atoms in total. The zero-order chi connectivity index (χ0) is 11.4. The van der Waals surface area contributed by atoms with Crippen LogP contribution in [0.25, 0.3) is 0 Å². The molecule has 1 aromatic carbocycles. The summed E-state index contributed by atoms with van der Waals surface area (Å²) >= 11 is 0. The van der Waals surface area contributed by atoms with E-state index < -0.39 is 0 Å². The molecule has 3 heteroatoms. The Bertz CT molecular complexity index is 370. The number of ketones is 1. The van der Waals surface area contributed by atoms with Crippen LogP contribution in [-0.4, -0.2) is 18.5 Å². The lowest BCUT2D eigenvalue weighted by Gasteiger charge is -2.21. The molecule has 0 spiro atoms. The van der Waals surface area contributed by atoms with Crippen molar-refractivity contribution >= 4 is 5.78 Å². The van der Waals surface area contributed by atoms with Gasteiger partial charge in [0, 0.05) is 13.0 Å². The van der Waals surface area contributed by atoms with Gasteiger partial charge in [-0.25, -0.2) is 4.39 Å². The van der Waals surface area contributed by atoms with Gasteiger partial charge in [0.2, 0.25) is 0 Å². The summed E-state index contributed by atoms with van der Waals surface area (Å²) in [5.41, 5.74) is 0.460. The number of Topliss-reactive ketones (excluding diaryl/α,β-unsaturated/α-hetero) is 1. The second kappa shape index (κ2) is 5.21. The fraction of sp³-hybridized carbons (Fsp3) is 0.462. The average molecular weight is 222 g/mol. The number of carbonyl (C=O) groups is 1. The lowest BCUT2D eigenvalue weighted by Crippen LogP contribution is -2.29. The van der Waals surface area contributed by atoms with E-state index in [9.17, 15) is 9.18 Å². The van der Waals surface area contributed by atoms with Crippen LogP contribution in [0.5, 0.6) is 0 Å². The van der Waals surface area contributed by atoms with Gasteiger partial charge in [0.15, 0.2) is 5.78 Å². The molecular weight excluding hydrogens is 207 g/mol. The molecule has 0 aromatic heterocycles. The summed E-state index contributed by atoms with van der Waals surface area (Å²) < 4.78 is 18.7. The van der Waals surface area contributed by atoms with E-state index in [2.05, 4.69) is 0 Å². The van der Waals surface area contributed by atoms with Crippen molar-refractivity contribution in [2.45, 2.75) is 31.8 Å². The van der Waals surface area contributed by atoms with Crippen molar-refractivity contribution in [2.24, 2.45) is 0 Å². The van der Waals surface area contributed by atoms with Crippen molar-refractivity contribution in [3.05, 3.63) is 35.6 Å². The minimum Gasteiger partial charge on any atom is -0.370 e. The first-order valence-corrected chi connectivity index (χ1v) is 5.65. The van der Waals surface area contributed by atoms with E-state index >= 15 is 0 Å². The smallest absolute Gasteiger partial charge is 0.166 e. The minimum atomic E-state index is -0.326. The van der Waals surface area contributed by atoms with E-state index in [0.717, 1.165) is 19.3 Å². The van der Waals surface area contributed by atoms with Crippen molar-refractivity contribution in [3.63, 3.8) is 0 Å². The Morgan fingerprint density at radius 2 is 2.19 bits per heavy atom. The molecule has 16 heavy (non-hydrogen) atoms. The average Bonchev–Trinajstić information content (AvgIpc) is 2.33. The molecule has 1 aliphatic rings. The summed E-state index contributed by atoms with van der Waals surface area (Å²) in [5.74, 6) is -0.323. The third-order valence-corrected chi connectivity index (χ3v) is 2.86. The van der Waals surface area contributed by atoms with Gasteiger partial charge < -0.3 is 4.74 Å². The number of benzene rings is 1. The van der Waals surface area contributed by atoms with E-state index in [-0.39, 0.29) is 24.1 Å². The van der Waals surface area contributed by atoms with Gasteiger partial charge in [0.25, 0.3) is 0 Å². The number of halogens is 1. The molecule has 1 unspecified atom stereocenters. The first-order chi connectivity index (χ1) is 7.77. The molecule has 86 valence electrons. The van der Waals surface area contributed by atoms with Crippen LogP contribution in [0.2, 0.25) is 0 Å². The predicted octanol–water partition coefficient (Wildman–Crippen LogP) is 2.51. The second-order valence-corrected chi connectivity index (χ2v) is 4.09. The summed E-state index contributed by atoms with van der Waals surface area (Å²) in [5, 5.41) is 0. The quantitative estimate of drug-likeness (QED) is 0.785. The molecule has 0 N–H and O–H groups in total. The van der Waals surface area contributed by atoms with Crippen LogP contribution < -0.4 is 0 Å². The first-order valence-electron chi connectivity index (χ1n) is 5.65. The molecule has 1 saturated heterocycles. The van der Waals surface area contributed by atoms with Crippen molar-refractivity contribution in [1.29, 1.82) is 0 Å². The summed E-state index contributed by atoms with van der Waals surface area (Å²) in [4.78, 5) is 11.8. The van der Waals surface area contributed by atoms with Crippen molar-refractivity contribution < 1.29 is 13.9 Å². The Labute approximate surface area is 94.4 Å². The van der Waals surface area contributed by atoms with Gasteiger partial charge in [0.05, 0.1) is 0 Å². The predicted molar refractivity (Wildman–Crippen MR) is 58.7 cm³/mol.